The van der Waals surface area contributed by atoms with Crippen molar-refractivity contribution in [2.24, 2.45) is 5.73 Å². The zero-order valence-corrected chi connectivity index (χ0v) is 11.5. The van der Waals surface area contributed by atoms with Crippen molar-refractivity contribution < 1.29 is 9.53 Å². The summed E-state index contributed by atoms with van der Waals surface area (Å²) in [6.07, 6.45) is 0.601. The van der Waals surface area contributed by atoms with E-state index in [1.165, 1.54) is 0 Å². The van der Waals surface area contributed by atoms with Gasteiger partial charge in [0.2, 0.25) is 5.91 Å². The van der Waals surface area contributed by atoms with Crippen molar-refractivity contribution >= 4 is 5.91 Å². The molecule has 0 saturated carbocycles. The zero-order chi connectivity index (χ0) is 13.8. The Morgan fingerprint density at radius 3 is 2.78 bits per heavy atom. The summed E-state index contributed by atoms with van der Waals surface area (Å²) in [6, 6.07) is 7.54. The Balaban J connectivity index is 2.76. The predicted octanol–water partition coefficient (Wildman–Crippen LogP) is 2.00. The van der Waals surface area contributed by atoms with Crippen LogP contribution in [0.5, 0.6) is 5.75 Å². The topological polar surface area (TPSA) is 64.4 Å². The van der Waals surface area contributed by atoms with Crippen molar-refractivity contribution in [3.63, 3.8) is 0 Å². The molecule has 3 N–H and O–H groups in total. The van der Waals surface area contributed by atoms with Gasteiger partial charge in [0.1, 0.15) is 5.75 Å². The number of carbonyl (C=O) groups is 1. The molecular weight excluding hydrogens is 228 g/mol. The van der Waals surface area contributed by atoms with Crippen LogP contribution in [-0.2, 0) is 4.79 Å². The van der Waals surface area contributed by atoms with Gasteiger partial charge in [0.25, 0.3) is 0 Å². The number of amides is 1. The highest BCUT2D eigenvalue weighted by molar-refractivity contribution is 5.85. The van der Waals surface area contributed by atoms with Gasteiger partial charge in [0.15, 0.2) is 0 Å². The first-order valence-corrected chi connectivity index (χ1v) is 6.14. The standard InChI is InChI=1S/C14H22N2O2/c1-5-14(3,15)13(17)16-10(2)11-7-6-8-12(9-11)18-4/h6-10H,5,15H2,1-4H3,(H,16,17). The molecule has 0 bridgehead atoms. The molecule has 0 heterocycles. The first-order chi connectivity index (χ1) is 8.40. The van der Waals surface area contributed by atoms with Gasteiger partial charge < -0.3 is 15.8 Å². The molecule has 2 unspecified atom stereocenters. The van der Waals surface area contributed by atoms with E-state index in [-0.39, 0.29) is 11.9 Å². The molecule has 18 heavy (non-hydrogen) atoms. The molecule has 0 radical (unpaired) electrons. The molecular formula is C14H22N2O2. The highest BCUT2D eigenvalue weighted by Crippen LogP contribution is 2.19. The van der Waals surface area contributed by atoms with E-state index in [9.17, 15) is 4.79 Å². The lowest BCUT2D eigenvalue weighted by atomic mass is 9.98. The van der Waals surface area contributed by atoms with E-state index in [1.54, 1.807) is 14.0 Å². The fourth-order valence-corrected chi connectivity index (χ4v) is 1.52. The van der Waals surface area contributed by atoms with Crippen LogP contribution in [0.1, 0.15) is 38.8 Å². The number of carbonyl (C=O) groups excluding carboxylic acids is 1. The smallest absolute Gasteiger partial charge is 0.240 e. The van der Waals surface area contributed by atoms with Crippen LogP contribution in [0.15, 0.2) is 24.3 Å². The van der Waals surface area contributed by atoms with Crippen LogP contribution in [-0.4, -0.2) is 18.6 Å². The lowest BCUT2D eigenvalue weighted by Gasteiger charge is -2.24. The minimum Gasteiger partial charge on any atom is -0.497 e. The van der Waals surface area contributed by atoms with Gasteiger partial charge in [0, 0.05) is 0 Å². The fraction of sp³-hybridized carbons (Fsp3) is 0.500. The van der Waals surface area contributed by atoms with E-state index in [2.05, 4.69) is 5.32 Å². The van der Waals surface area contributed by atoms with Gasteiger partial charge in [-0.05, 0) is 38.0 Å². The Morgan fingerprint density at radius 1 is 1.56 bits per heavy atom. The highest BCUT2D eigenvalue weighted by Gasteiger charge is 2.27. The van der Waals surface area contributed by atoms with Crippen LogP contribution in [0.2, 0.25) is 0 Å². The second-order valence-corrected chi connectivity index (χ2v) is 4.74. The first-order valence-electron chi connectivity index (χ1n) is 6.14. The largest absolute Gasteiger partial charge is 0.497 e. The zero-order valence-electron chi connectivity index (χ0n) is 11.5. The van der Waals surface area contributed by atoms with Gasteiger partial charge >= 0.3 is 0 Å². The molecule has 0 aromatic heterocycles. The van der Waals surface area contributed by atoms with Crippen LogP contribution in [0.25, 0.3) is 0 Å². The van der Waals surface area contributed by atoms with Crippen LogP contribution in [0.3, 0.4) is 0 Å². The Bertz CT molecular complexity index is 416. The van der Waals surface area contributed by atoms with Gasteiger partial charge in [-0.1, -0.05) is 19.1 Å². The number of ether oxygens (including phenoxy) is 1. The van der Waals surface area contributed by atoms with Gasteiger partial charge in [-0.3, -0.25) is 4.79 Å². The van der Waals surface area contributed by atoms with Crippen LogP contribution < -0.4 is 15.8 Å². The molecule has 1 rings (SSSR count). The fourth-order valence-electron chi connectivity index (χ4n) is 1.52. The third-order valence-corrected chi connectivity index (χ3v) is 3.19. The van der Waals surface area contributed by atoms with E-state index in [0.717, 1.165) is 11.3 Å². The number of benzene rings is 1. The minimum atomic E-state index is -0.826. The Kier molecular flexibility index (Phi) is 4.73. The highest BCUT2D eigenvalue weighted by atomic mass is 16.5. The molecule has 0 fully saturated rings. The first kappa shape index (κ1) is 14.5. The molecule has 2 atom stereocenters. The lowest BCUT2D eigenvalue weighted by molar-refractivity contribution is -0.126. The second kappa shape index (κ2) is 5.87. The summed E-state index contributed by atoms with van der Waals surface area (Å²) in [4.78, 5) is 12.0. The lowest BCUT2D eigenvalue weighted by Crippen LogP contribution is -2.51. The molecule has 100 valence electrons. The number of hydrogen-bond donors (Lipinski definition) is 2. The maximum Gasteiger partial charge on any atom is 0.240 e. The Hall–Kier alpha value is -1.55. The minimum absolute atomic E-state index is 0.0953. The van der Waals surface area contributed by atoms with Crippen molar-refractivity contribution in [3.8, 4) is 5.75 Å². The summed E-state index contributed by atoms with van der Waals surface area (Å²) in [5.74, 6) is 0.639. The molecule has 1 amide bonds. The summed E-state index contributed by atoms with van der Waals surface area (Å²) in [5.41, 5.74) is 6.07. The van der Waals surface area contributed by atoms with E-state index in [0.29, 0.717) is 6.42 Å². The third-order valence-electron chi connectivity index (χ3n) is 3.19. The molecule has 4 heteroatoms. The predicted molar refractivity (Wildman–Crippen MR) is 72.4 cm³/mol. The van der Waals surface area contributed by atoms with Crippen molar-refractivity contribution in [2.75, 3.05) is 7.11 Å². The van der Waals surface area contributed by atoms with E-state index < -0.39 is 5.54 Å². The van der Waals surface area contributed by atoms with E-state index in [1.807, 2.05) is 38.1 Å². The average Bonchev–Trinajstić information content (AvgIpc) is 2.38. The normalized spacial score (nSPS) is 15.6. The monoisotopic (exact) mass is 250 g/mol. The number of nitrogens with one attached hydrogen (secondary N) is 1. The van der Waals surface area contributed by atoms with Crippen molar-refractivity contribution in [1.82, 2.24) is 5.32 Å². The maximum absolute atomic E-state index is 12.0. The molecule has 0 aliphatic heterocycles. The van der Waals surface area contributed by atoms with Crippen molar-refractivity contribution in [1.29, 1.82) is 0 Å². The van der Waals surface area contributed by atoms with Crippen molar-refractivity contribution in [3.05, 3.63) is 29.8 Å². The summed E-state index contributed by atoms with van der Waals surface area (Å²) in [7, 11) is 1.62. The van der Waals surface area contributed by atoms with Crippen LogP contribution >= 0.6 is 0 Å². The third kappa shape index (κ3) is 3.47. The number of nitrogens with two attached hydrogens (primary N) is 1. The summed E-state index contributed by atoms with van der Waals surface area (Å²) in [6.45, 7) is 5.56. The molecule has 4 nitrogen and oxygen atoms in total. The molecule has 0 spiro atoms. The second-order valence-electron chi connectivity index (χ2n) is 4.74. The van der Waals surface area contributed by atoms with Crippen LogP contribution in [0.4, 0.5) is 0 Å². The van der Waals surface area contributed by atoms with E-state index >= 15 is 0 Å². The summed E-state index contributed by atoms with van der Waals surface area (Å²) >= 11 is 0. The van der Waals surface area contributed by atoms with Gasteiger partial charge in [0.05, 0.1) is 18.7 Å². The molecule has 0 aliphatic carbocycles. The Labute approximate surface area is 109 Å². The molecule has 1 aromatic carbocycles. The quantitative estimate of drug-likeness (QED) is 0.840. The number of rotatable bonds is 5. The van der Waals surface area contributed by atoms with Crippen molar-refractivity contribution in [2.45, 2.75) is 38.8 Å². The average molecular weight is 250 g/mol. The van der Waals surface area contributed by atoms with Crippen LogP contribution in [0, 0.1) is 0 Å². The molecule has 0 aliphatic rings. The van der Waals surface area contributed by atoms with E-state index in [4.69, 9.17) is 10.5 Å². The Morgan fingerprint density at radius 2 is 2.22 bits per heavy atom. The maximum atomic E-state index is 12.0. The molecule has 0 saturated heterocycles. The molecule has 1 aromatic rings. The number of methoxy groups -OCH3 is 1. The van der Waals surface area contributed by atoms with Gasteiger partial charge in [-0.15, -0.1) is 0 Å². The number of hydrogen-bond acceptors (Lipinski definition) is 3. The SMILES string of the molecule is CCC(C)(N)C(=O)NC(C)c1cccc(OC)c1. The van der Waals surface area contributed by atoms with Gasteiger partial charge in [-0.2, -0.15) is 0 Å². The summed E-state index contributed by atoms with van der Waals surface area (Å²) in [5, 5.41) is 2.92. The summed E-state index contributed by atoms with van der Waals surface area (Å²) < 4.78 is 5.16. The van der Waals surface area contributed by atoms with Gasteiger partial charge in [-0.25, -0.2) is 0 Å².